The van der Waals surface area contributed by atoms with Crippen molar-refractivity contribution < 1.29 is 27.1 Å². The van der Waals surface area contributed by atoms with Gasteiger partial charge in [-0.1, -0.05) is 25.0 Å². The zero-order valence-electron chi connectivity index (χ0n) is 17.7. The summed E-state index contributed by atoms with van der Waals surface area (Å²) in [4.78, 5) is 14.5. The highest BCUT2D eigenvalue weighted by Gasteiger charge is 2.31. The minimum absolute atomic E-state index is 0.128. The Hall–Kier alpha value is -2.81. The fraction of sp³-hybridized carbons (Fsp3) is 0.409. The predicted molar refractivity (Wildman–Crippen MR) is 116 cm³/mol. The summed E-state index contributed by atoms with van der Waals surface area (Å²) in [6, 6.07) is 9.63. The van der Waals surface area contributed by atoms with Gasteiger partial charge in [-0.3, -0.25) is 9.10 Å². The maximum atomic E-state index is 14.6. The van der Waals surface area contributed by atoms with Crippen LogP contribution in [0.4, 0.5) is 10.1 Å². The zero-order valence-corrected chi connectivity index (χ0v) is 18.5. The lowest BCUT2D eigenvalue weighted by molar-refractivity contribution is -0.129. The van der Waals surface area contributed by atoms with Crippen LogP contribution in [0.15, 0.2) is 47.4 Å². The van der Waals surface area contributed by atoms with Crippen molar-refractivity contribution >= 4 is 21.6 Å². The molecule has 0 radical (unpaired) electrons. The van der Waals surface area contributed by atoms with Crippen molar-refractivity contribution in [3.05, 3.63) is 48.3 Å². The van der Waals surface area contributed by atoms with Gasteiger partial charge in [0.15, 0.2) is 11.5 Å². The molecule has 0 atom stereocenters. The van der Waals surface area contributed by atoms with Crippen LogP contribution in [0.3, 0.4) is 0 Å². The Morgan fingerprint density at radius 3 is 2.26 bits per heavy atom. The predicted octanol–water partition coefficient (Wildman–Crippen LogP) is 3.44. The molecular formula is C22H27FN2O5S. The molecule has 1 fully saturated rings. The molecule has 0 saturated carbocycles. The number of benzene rings is 2. The van der Waals surface area contributed by atoms with Crippen LogP contribution in [0.5, 0.6) is 11.5 Å². The molecule has 2 aromatic carbocycles. The van der Waals surface area contributed by atoms with Crippen molar-refractivity contribution in [2.24, 2.45) is 0 Å². The summed E-state index contributed by atoms with van der Waals surface area (Å²) in [5.41, 5.74) is -0.180. The van der Waals surface area contributed by atoms with E-state index in [1.54, 1.807) is 4.90 Å². The lowest BCUT2D eigenvalue weighted by Gasteiger charge is -2.28. The second kappa shape index (κ2) is 10.00. The minimum atomic E-state index is -4.27. The topological polar surface area (TPSA) is 76.2 Å². The summed E-state index contributed by atoms with van der Waals surface area (Å²) in [6.45, 7) is 0.651. The van der Waals surface area contributed by atoms with Gasteiger partial charge in [0.2, 0.25) is 5.91 Å². The van der Waals surface area contributed by atoms with E-state index in [0.717, 1.165) is 30.0 Å². The summed E-state index contributed by atoms with van der Waals surface area (Å²) in [5.74, 6) is -0.500. The number of nitrogens with zero attached hydrogens (tertiary/aromatic N) is 2. The number of para-hydroxylation sites is 1. The quantitative estimate of drug-likeness (QED) is 0.646. The molecule has 3 rings (SSSR count). The van der Waals surface area contributed by atoms with Crippen LogP contribution >= 0.6 is 0 Å². The maximum Gasteiger partial charge on any atom is 0.265 e. The molecule has 0 aliphatic carbocycles. The van der Waals surface area contributed by atoms with Crippen LogP contribution in [0.1, 0.15) is 25.7 Å². The van der Waals surface area contributed by atoms with Gasteiger partial charge in [-0.25, -0.2) is 12.8 Å². The molecule has 0 spiro atoms. The molecule has 0 unspecified atom stereocenters. The molecule has 2 aromatic rings. The van der Waals surface area contributed by atoms with E-state index in [-0.39, 0.29) is 22.2 Å². The number of rotatable bonds is 7. The number of likely N-dealkylation sites (tertiary alicyclic amines) is 1. The van der Waals surface area contributed by atoms with Crippen LogP contribution < -0.4 is 13.8 Å². The Bertz CT molecular complexity index is 1020. The normalized spacial score (nSPS) is 14.6. The van der Waals surface area contributed by atoms with Gasteiger partial charge in [-0.05, 0) is 37.1 Å². The van der Waals surface area contributed by atoms with Crippen LogP contribution in [0, 0.1) is 5.82 Å². The number of ether oxygens (including phenoxy) is 2. The van der Waals surface area contributed by atoms with Crippen molar-refractivity contribution in [2.75, 3.05) is 38.2 Å². The van der Waals surface area contributed by atoms with Gasteiger partial charge >= 0.3 is 0 Å². The van der Waals surface area contributed by atoms with E-state index in [9.17, 15) is 17.6 Å². The van der Waals surface area contributed by atoms with Gasteiger partial charge in [-0.15, -0.1) is 0 Å². The summed E-state index contributed by atoms with van der Waals surface area (Å²) < 4.78 is 52.9. The Labute approximate surface area is 182 Å². The number of anilines is 1. The molecule has 1 aliphatic rings. The fourth-order valence-electron chi connectivity index (χ4n) is 3.60. The van der Waals surface area contributed by atoms with E-state index in [2.05, 4.69) is 0 Å². The van der Waals surface area contributed by atoms with Crippen molar-refractivity contribution in [3.63, 3.8) is 0 Å². The van der Waals surface area contributed by atoms with Gasteiger partial charge in [0.25, 0.3) is 10.0 Å². The van der Waals surface area contributed by atoms with E-state index < -0.39 is 22.4 Å². The Kier molecular flexibility index (Phi) is 7.37. The van der Waals surface area contributed by atoms with Gasteiger partial charge in [-0.2, -0.15) is 0 Å². The average Bonchev–Trinajstić information content (AvgIpc) is 3.07. The molecule has 1 saturated heterocycles. The number of sulfonamides is 1. The van der Waals surface area contributed by atoms with Crippen LogP contribution in [0.2, 0.25) is 0 Å². The smallest absolute Gasteiger partial charge is 0.265 e. The first-order valence-corrected chi connectivity index (χ1v) is 11.6. The SMILES string of the molecule is COc1ccc(S(=O)(=O)N(CC(=O)N2CCCCCC2)c2ccccc2F)cc1OC. The number of carbonyl (C=O) groups is 1. The lowest BCUT2D eigenvalue weighted by atomic mass is 10.2. The third kappa shape index (κ3) is 5.10. The number of halogens is 1. The number of methoxy groups -OCH3 is 2. The van der Waals surface area contributed by atoms with E-state index in [1.165, 1.54) is 56.7 Å². The van der Waals surface area contributed by atoms with Gasteiger partial charge in [0, 0.05) is 19.2 Å². The van der Waals surface area contributed by atoms with Gasteiger partial charge < -0.3 is 14.4 Å². The largest absolute Gasteiger partial charge is 0.493 e. The highest BCUT2D eigenvalue weighted by atomic mass is 32.2. The number of carbonyl (C=O) groups excluding carboxylic acids is 1. The monoisotopic (exact) mass is 450 g/mol. The summed E-state index contributed by atoms with van der Waals surface area (Å²) >= 11 is 0. The zero-order chi connectivity index (χ0) is 22.4. The molecule has 0 N–H and O–H groups in total. The number of hydrogen-bond acceptors (Lipinski definition) is 5. The van der Waals surface area contributed by atoms with Crippen molar-refractivity contribution in [1.82, 2.24) is 4.90 Å². The van der Waals surface area contributed by atoms with Crippen LogP contribution in [-0.4, -0.2) is 53.1 Å². The first kappa shape index (κ1) is 22.9. The Morgan fingerprint density at radius 1 is 1.00 bits per heavy atom. The van der Waals surface area contributed by atoms with Crippen molar-refractivity contribution in [3.8, 4) is 11.5 Å². The van der Waals surface area contributed by atoms with E-state index in [4.69, 9.17) is 9.47 Å². The summed E-state index contributed by atoms with van der Waals surface area (Å²) in [6.07, 6.45) is 3.80. The second-order valence-electron chi connectivity index (χ2n) is 7.27. The summed E-state index contributed by atoms with van der Waals surface area (Å²) in [7, 11) is -1.43. The molecule has 31 heavy (non-hydrogen) atoms. The molecule has 1 amide bonds. The standard InChI is InChI=1S/C22H27FN2O5S/c1-29-20-12-11-17(15-21(20)30-2)31(27,28)25(19-10-6-5-9-18(19)23)16-22(26)24-13-7-3-4-8-14-24/h5-6,9-12,15H,3-4,7-8,13-14,16H2,1-2H3. The Morgan fingerprint density at radius 2 is 1.65 bits per heavy atom. The molecule has 1 aliphatic heterocycles. The highest BCUT2D eigenvalue weighted by molar-refractivity contribution is 7.92. The number of hydrogen-bond donors (Lipinski definition) is 0. The molecule has 0 bridgehead atoms. The third-order valence-electron chi connectivity index (χ3n) is 5.30. The van der Waals surface area contributed by atoms with Crippen molar-refractivity contribution in [2.45, 2.75) is 30.6 Å². The van der Waals surface area contributed by atoms with Crippen LogP contribution in [-0.2, 0) is 14.8 Å². The molecule has 0 aromatic heterocycles. The molecule has 7 nitrogen and oxygen atoms in total. The molecule has 1 heterocycles. The lowest BCUT2D eigenvalue weighted by Crippen LogP contribution is -2.43. The van der Waals surface area contributed by atoms with Crippen LogP contribution in [0.25, 0.3) is 0 Å². The molecular weight excluding hydrogens is 423 g/mol. The van der Waals surface area contributed by atoms with Gasteiger partial charge in [0.05, 0.1) is 24.8 Å². The fourth-order valence-corrected chi connectivity index (χ4v) is 5.04. The first-order valence-electron chi connectivity index (χ1n) is 10.2. The number of amides is 1. The third-order valence-corrected chi connectivity index (χ3v) is 7.06. The maximum absolute atomic E-state index is 14.6. The van der Waals surface area contributed by atoms with E-state index >= 15 is 0 Å². The molecule has 168 valence electrons. The first-order chi connectivity index (χ1) is 14.9. The minimum Gasteiger partial charge on any atom is -0.493 e. The van der Waals surface area contributed by atoms with E-state index in [1.807, 2.05) is 0 Å². The van der Waals surface area contributed by atoms with E-state index in [0.29, 0.717) is 18.8 Å². The second-order valence-corrected chi connectivity index (χ2v) is 9.14. The Balaban J connectivity index is 2.01. The average molecular weight is 451 g/mol. The van der Waals surface area contributed by atoms with Crippen molar-refractivity contribution in [1.29, 1.82) is 0 Å². The van der Waals surface area contributed by atoms with Gasteiger partial charge in [0.1, 0.15) is 12.4 Å². The summed E-state index contributed by atoms with van der Waals surface area (Å²) in [5, 5.41) is 0. The molecule has 9 heteroatoms. The highest BCUT2D eigenvalue weighted by Crippen LogP contribution is 2.33.